The van der Waals surface area contributed by atoms with Gasteiger partial charge >= 0.3 is 0 Å². The number of aryl methyl sites for hydroxylation is 2. The van der Waals surface area contributed by atoms with Gasteiger partial charge < -0.3 is 10.2 Å². The lowest BCUT2D eigenvalue weighted by molar-refractivity contribution is 0.0573. The summed E-state index contributed by atoms with van der Waals surface area (Å²) in [5.74, 6) is 0.913. The van der Waals surface area contributed by atoms with Crippen molar-refractivity contribution >= 4 is 18.1 Å². The van der Waals surface area contributed by atoms with Crippen LogP contribution in [-0.2, 0) is 0 Å². The van der Waals surface area contributed by atoms with Gasteiger partial charge in [0.15, 0.2) is 0 Å². The maximum atomic E-state index is 3.71. The van der Waals surface area contributed by atoms with E-state index in [1.807, 2.05) is 0 Å². The molecule has 3 rings (SSSR count). The molecule has 0 radical (unpaired) electrons. The van der Waals surface area contributed by atoms with Crippen LogP contribution in [0.25, 0.3) is 0 Å². The van der Waals surface area contributed by atoms with Crippen LogP contribution in [0.4, 0.5) is 5.69 Å². The summed E-state index contributed by atoms with van der Waals surface area (Å²) in [7, 11) is 0. The van der Waals surface area contributed by atoms with E-state index >= 15 is 0 Å². The topological polar surface area (TPSA) is 15.3 Å². The smallest absolute Gasteiger partial charge is 0.0399 e. The highest BCUT2D eigenvalue weighted by molar-refractivity contribution is 5.85. The highest BCUT2D eigenvalue weighted by atomic mass is 35.5. The van der Waals surface area contributed by atoms with E-state index in [-0.39, 0.29) is 12.4 Å². The minimum atomic E-state index is 0. The van der Waals surface area contributed by atoms with Crippen molar-refractivity contribution in [2.45, 2.75) is 58.4 Å². The summed E-state index contributed by atoms with van der Waals surface area (Å²) in [5.41, 5.74) is 4.10. The minimum Gasteiger partial charge on any atom is -0.385 e. The molecule has 124 valence electrons. The molecular weight excluding hydrogens is 292 g/mol. The van der Waals surface area contributed by atoms with E-state index in [4.69, 9.17) is 0 Å². The van der Waals surface area contributed by atoms with Crippen LogP contribution in [0.1, 0.15) is 49.7 Å². The molecule has 0 bridgehead atoms. The predicted octanol–water partition coefficient (Wildman–Crippen LogP) is 4.79. The summed E-state index contributed by atoms with van der Waals surface area (Å²) in [6.45, 7) is 8.25. The van der Waals surface area contributed by atoms with Crippen LogP contribution in [0.5, 0.6) is 0 Å². The van der Waals surface area contributed by atoms with E-state index in [1.165, 1.54) is 68.4 Å². The molecular formula is C19H31ClN2. The van der Waals surface area contributed by atoms with Gasteiger partial charge in [-0.15, -0.1) is 12.4 Å². The van der Waals surface area contributed by atoms with Crippen molar-refractivity contribution in [3.05, 3.63) is 29.3 Å². The van der Waals surface area contributed by atoms with Crippen molar-refractivity contribution in [3.8, 4) is 0 Å². The van der Waals surface area contributed by atoms with Crippen molar-refractivity contribution in [1.82, 2.24) is 4.90 Å². The molecule has 0 unspecified atom stereocenters. The first-order chi connectivity index (χ1) is 10.3. The summed E-state index contributed by atoms with van der Waals surface area (Å²) >= 11 is 0. The van der Waals surface area contributed by atoms with Crippen LogP contribution in [0.3, 0.4) is 0 Å². The van der Waals surface area contributed by atoms with Gasteiger partial charge in [-0.2, -0.15) is 0 Å². The summed E-state index contributed by atoms with van der Waals surface area (Å²) in [4.78, 5) is 2.77. The lowest BCUT2D eigenvalue weighted by Gasteiger charge is -2.44. The second kappa shape index (κ2) is 8.21. The molecule has 2 aliphatic rings. The maximum absolute atomic E-state index is 3.71. The van der Waals surface area contributed by atoms with E-state index in [2.05, 4.69) is 42.3 Å². The molecule has 0 saturated carbocycles. The fourth-order valence-electron chi connectivity index (χ4n) is 4.39. The van der Waals surface area contributed by atoms with E-state index < -0.39 is 0 Å². The predicted molar refractivity (Wildman–Crippen MR) is 98.2 cm³/mol. The number of nitrogens with zero attached hydrogens (tertiary/aromatic N) is 1. The molecule has 2 nitrogen and oxygen atoms in total. The highest BCUT2D eigenvalue weighted by Crippen LogP contribution is 2.32. The molecule has 0 aliphatic carbocycles. The van der Waals surface area contributed by atoms with Gasteiger partial charge in [0.1, 0.15) is 0 Å². The maximum Gasteiger partial charge on any atom is 0.0399 e. The number of rotatable bonds is 4. The van der Waals surface area contributed by atoms with Gasteiger partial charge in [-0.3, -0.25) is 0 Å². The van der Waals surface area contributed by atoms with Crippen LogP contribution >= 0.6 is 12.4 Å². The van der Waals surface area contributed by atoms with Gasteiger partial charge in [-0.25, -0.2) is 0 Å². The number of piperidine rings is 2. The summed E-state index contributed by atoms with van der Waals surface area (Å²) < 4.78 is 0. The number of benzene rings is 1. The minimum absolute atomic E-state index is 0. The van der Waals surface area contributed by atoms with Gasteiger partial charge in [-0.05, 0) is 76.1 Å². The van der Waals surface area contributed by atoms with Crippen molar-refractivity contribution < 1.29 is 0 Å². The molecule has 1 aromatic rings. The van der Waals surface area contributed by atoms with E-state index in [1.54, 1.807) is 0 Å². The molecule has 2 aliphatic heterocycles. The van der Waals surface area contributed by atoms with Gasteiger partial charge in [-0.1, -0.05) is 24.6 Å². The Morgan fingerprint density at radius 3 is 2.55 bits per heavy atom. The zero-order chi connectivity index (χ0) is 14.7. The molecule has 0 amide bonds. The fraction of sp³-hybridized carbons (Fsp3) is 0.684. The quantitative estimate of drug-likeness (QED) is 0.857. The molecule has 0 aromatic heterocycles. The van der Waals surface area contributed by atoms with Crippen LogP contribution in [0, 0.1) is 19.8 Å². The van der Waals surface area contributed by atoms with E-state index in [9.17, 15) is 0 Å². The molecule has 2 atom stereocenters. The van der Waals surface area contributed by atoms with Crippen molar-refractivity contribution in [3.63, 3.8) is 0 Å². The third-order valence-electron chi connectivity index (χ3n) is 5.53. The molecule has 2 heterocycles. The number of anilines is 1. The SMILES string of the molecule is Cc1cccc(C)c1NCC[C@@H]1CCCN2CCCC[C@H]12.Cl. The van der Waals surface area contributed by atoms with Crippen molar-refractivity contribution in [2.24, 2.45) is 5.92 Å². The second-order valence-corrected chi connectivity index (χ2v) is 6.98. The van der Waals surface area contributed by atoms with Crippen molar-refractivity contribution in [2.75, 3.05) is 25.0 Å². The Kier molecular flexibility index (Phi) is 6.58. The normalized spacial score (nSPS) is 25.2. The second-order valence-electron chi connectivity index (χ2n) is 6.98. The molecule has 1 N–H and O–H groups in total. The first-order valence-corrected chi connectivity index (χ1v) is 8.80. The average Bonchev–Trinajstić information content (AvgIpc) is 2.50. The number of hydrogen-bond donors (Lipinski definition) is 1. The molecule has 2 saturated heterocycles. The first kappa shape index (κ1) is 17.6. The van der Waals surface area contributed by atoms with Crippen LogP contribution in [-0.4, -0.2) is 30.6 Å². The molecule has 2 fully saturated rings. The number of hydrogen-bond acceptors (Lipinski definition) is 2. The number of halogens is 1. The summed E-state index contributed by atoms with van der Waals surface area (Å²) in [5, 5.41) is 3.71. The Morgan fingerprint density at radius 1 is 1.05 bits per heavy atom. The summed E-state index contributed by atoms with van der Waals surface area (Å²) in [6, 6.07) is 7.45. The Bertz CT molecular complexity index is 452. The first-order valence-electron chi connectivity index (χ1n) is 8.80. The molecule has 1 aromatic carbocycles. The van der Waals surface area contributed by atoms with Gasteiger partial charge in [0, 0.05) is 18.3 Å². The van der Waals surface area contributed by atoms with E-state index in [0.717, 1.165) is 18.5 Å². The number of para-hydroxylation sites is 1. The average molecular weight is 323 g/mol. The Morgan fingerprint density at radius 2 is 1.77 bits per heavy atom. The Hall–Kier alpha value is -0.730. The zero-order valence-corrected chi connectivity index (χ0v) is 14.9. The van der Waals surface area contributed by atoms with Gasteiger partial charge in [0.25, 0.3) is 0 Å². The molecule has 0 spiro atoms. The fourth-order valence-corrected chi connectivity index (χ4v) is 4.39. The third-order valence-corrected chi connectivity index (χ3v) is 5.53. The van der Waals surface area contributed by atoms with Crippen LogP contribution < -0.4 is 5.32 Å². The van der Waals surface area contributed by atoms with Gasteiger partial charge in [0.2, 0.25) is 0 Å². The van der Waals surface area contributed by atoms with E-state index in [0.29, 0.717) is 0 Å². The molecule has 3 heteroatoms. The monoisotopic (exact) mass is 322 g/mol. The standard InChI is InChI=1S/C19H30N2.ClH/c1-15-7-5-8-16(2)19(15)20-12-11-17-9-6-14-21-13-4-3-10-18(17)21;/h5,7-8,17-18,20H,3-4,6,9-14H2,1-2H3;1H/t17-,18+;/m0./s1. The lowest BCUT2D eigenvalue weighted by atomic mass is 9.81. The zero-order valence-electron chi connectivity index (χ0n) is 14.1. The van der Waals surface area contributed by atoms with Crippen LogP contribution in [0.15, 0.2) is 18.2 Å². The highest BCUT2D eigenvalue weighted by Gasteiger charge is 2.32. The number of fused-ring (bicyclic) bond motifs is 1. The third kappa shape index (κ3) is 3.97. The van der Waals surface area contributed by atoms with Gasteiger partial charge in [0.05, 0.1) is 0 Å². The largest absolute Gasteiger partial charge is 0.385 e. The van der Waals surface area contributed by atoms with Crippen molar-refractivity contribution in [1.29, 1.82) is 0 Å². The van der Waals surface area contributed by atoms with Crippen LogP contribution in [0.2, 0.25) is 0 Å². The number of nitrogens with one attached hydrogen (secondary N) is 1. The Labute approximate surface area is 142 Å². The molecule has 22 heavy (non-hydrogen) atoms. The lowest BCUT2D eigenvalue weighted by Crippen LogP contribution is -2.48. The Balaban J connectivity index is 0.00000176. The summed E-state index contributed by atoms with van der Waals surface area (Å²) in [6.07, 6.45) is 8.48.